The molecular formula is C21H18N4O3. The van der Waals surface area contributed by atoms with Gasteiger partial charge in [-0.1, -0.05) is 6.07 Å². The van der Waals surface area contributed by atoms with Crippen LogP contribution >= 0.6 is 0 Å². The van der Waals surface area contributed by atoms with Crippen molar-refractivity contribution in [3.05, 3.63) is 72.1 Å². The Morgan fingerprint density at radius 3 is 2.50 bits per heavy atom. The number of aromatic nitrogens is 1. The van der Waals surface area contributed by atoms with Gasteiger partial charge in [0.25, 0.3) is 5.91 Å². The summed E-state index contributed by atoms with van der Waals surface area (Å²) in [6, 6.07) is 17.6. The monoisotopic (exact) mass is 374 g/mol. The van der Waals surface area contributed by atoms with Crippen molar-refractivity contribution in [1.82, 2.24) is 4.98 Å². The molecule has 1 aromatic heterocycles. The number of nitrogens with zero attached hydrogens (tertiary/aromatic N) is 2. The number of nitriles is 1. The van der Waals surface area contributed by atoms with Gasteiger partial charge in [0.1, 0.15) is 5.69 Å². The molecule has 3 aromatic rings. The summed E-state index contributed by atoms with van der Waals surface area (Å²) in [5.74, 6) is 0.729. The number of pyridine rings is 1. The highest BCUT2D eigenvalue weighted by atomic mass is 16.5. The maximum atomic E-state index is 12.6. The first kappa shape index (κ1) is 18.7. The lowest BCUT2D eigenvalue weighted by Crippen LogP contribution is -2.14. The van der Waals surface area contributed by atoms with Crippen LogP contribution in [0.5, 0.6) is 11.5 Å². The molecule has 28 heavy (non-hydrogen) atoms. The van der Waals surface area contributed by atoms with Gasteiger partial charge in [-0.15, -0.1) is 0 Å². The quantitative estimate of drug-likeness (QED) is 0.678. The van der Waals surface area contributed by atoms with Crippen molar-refractivity contribution in [2.45, 2.75) is 0 Å². The number of methoxy groups -OCH3 is 2. The second-order valence-electron chi connectivity index (χ2n) is 5.77. The Labute approximate surface area is 162 Å². The largest absolute Gasteiger partial charge is 0.493 e. The number of amides is 1. The zero-order chi connectivity index (χ0) is 19.9. The van der Waals surface area contributed by atoms with E-state index in [1.165, 1.54) is 7.11 Å². The van der Waals surface area contributed by atoms with E-state index in [1.807, 2.05) is 6.07 Å². The van der Waals surface area contributed by atoms with Gasteiger partial charge in [-0.05, 0) is 42.5 Å². The van der Waals surface area contributed by atoms with Crippen LogP contribution in [-0.2, 0) is 0 Å². The number of carbonyl (C=O) groups is 1. The predicted molar refractivity (Wildman–Crippen MR) is 106 cm³/mol. The van der Waals surface area contributed by atoms with Crippen molar-refractivity contribution in [3.63, 3.8) is 0 Å². The third kappa shape index (κ3) is 4.37. The summed E-state index contributed by atoms with van der Waals surface area (Å²) in [7, 11) is 3.08. The van der Waals surface area contributed by atoms with E-state index in [9.17, 15) is 4.79 Å². The Morgan fingerprint density at radius 1 is 0.964 bits per heavy atom. The molecule has 7 heteroatoms. The molecule has 7 nitrogen and oxygen atoms in total. The molecule has 0 saturated heterocycles. The van der Waals surface area contributed by atoms with E-state index in [1.54, 1.807) is 61.8 Å². The molecule has 1 amide bonds. The summed E-state index contributed by atoms with van der Waals surface area (Å²) in [4.78, 5) is 16.7. The molecule has 0 aliphatic rings. The number of rotatable bonds is 6. The number of hydrogen-bond donors (Lipinski definition) is 2. The first-order valence-electron chi connectivity index (χ1n) is 8.39. The predicted octanol–water partition coefficient (Wildman–Crippen LogP) is 3.97. The van der Waals surface area contributed by atoms with E-state index in [-0.39, 0.29) is 11.6 Å². The molecule has 0 spiro atoms. The molecule has 0 aliphatic heterocycles. The van der Waals surface area contributed by atoms with E-state index in [0.29, 0.717) is 28.4 Å². The third-order valence-electron chi connectivity index (χ3n) is 3.91. The highest BCUT2D eigenvalue weighted by Crippen LogP contribution is 2.30. The Bertz CT molecular complexity index is 1040. The summed E-state index contributed by atoms with van der Waals surface area (Å²) in [6.07, 6.45) is 1.54. The van der Waals surface area contributed by atoms with Gasteiger partial charge in [0, 0.05) is 29.3 Å². The Hall–Kier alpha value is -4.05. The SMILES string of the molecule is COc1ccc(NC(=O)c2cc(Nc3cccc(C#N)c3)ccn2)cc1OC. The standard InChI is InChI=1S/C21H18N4O3/c1-27-19-7-6-16(12-20(19)28-2)25-21(26)18-11-17(8-9-23-18)24-15-5-3-4-14(10-15)13-22/h3-12H,1-2H3,(H,23,24)(H,25,26). The number of benzene rings is 2. The molecule has 2 N–H and O–H groups in total. The van der Waals surface area contributed by atoms with Gasteiger partial charge in [-0.2, -0.15) is 5.26 Å². The molecule has 0 fully saturated rings. The molecule has 0 atom stereocenters. The molecule has 2 aromatic carbocycles. The topological polar surface area (TPSA) is 96.3 Å². The van der Waals surface area contributed by atoms with Gasteiger partial charge in [-0.25, -0.2) is 0 Å². The van der Waals surface area contributed by atoms with Crippen molar-refractivity contribution < 1.29 is 14.3 Å². The van der Waals surface area contributed by atoms with Gasteiger partial charge in [0.05, 0.1) is 25.9 Å². The van der Waals surface area contributed by atoms with Crippen LogP contribution in [0.3, 0.4) is 0 Å². The van der Waals surface area contributed by atoms with E-state index in [4.69, 9.17) is 14.7 Å². The Balaban J connectivity index is 1.76. The van der Waals surface area contributed by atoms with Crippen molar-refractivity contribution in [2.24, 2.45) is 0 Å². The molecule has 0 saturated carbocycles. The average Bonchev–Trinajstić information content (AvgIpc) is 2.74. The van der Waals surface area contributed by atoms with Gasteiger partial charge >= 0.3 is 0 Å². The number of hydrogen-bond acceptors (Lipinski definition) is 6. The van der Waals surface area contributed by atoms with Crippen molar-refractivity contribution >= 4 is 23.0 Å². The second-order valence-corrected chi connectivity index (χ2v) is 5.77. The van der Waals surface area contributed by atoms with E-state index in [2.05, 4.69) is 21.7 Å². The average molecular weight is 374 g/mol. The zero-order valence-electron chi connectivity index (χ0n) is 15.4. The minimum Gasteiger partial charge on any atom is -0.493 e. The van der Waals surface area contributed by atoms with E-state index >= 15 is 0 Å². The smallest absolute Gasteiger partial charge is 0.274 e. The van der Waals surface area contributed by atoms with Crippen LogP contribution in [0, 0.1) is 11.3 Å². The Kier molecular flexibility index (Phi) is 5.72. The van der Waals surface area contributed by atoms with Gasteiger partial charge in [-0.3, -0.25) is 9.78 Å². The summed E-state index contributed by atoms with van der Waals surface area (Å²) in [6.45, 7) is 0. The second kappa shape index (κ2) is 8.56. The van der Waals surface area contributed by atoms with Crippen molar-refractivity contribution in [1.29, 1.82) is 5.26 Å². The van der Waals surface area contributed by atoms with Crippen LogP contribution in [-0.4, -0.2) is 25.1 Å². The molecule has 0 aliphatic carbocycles. The fourth-order valence-electron chi connectivity index (χ4n) is 2.57. The zero-order valence-corrected chi connectivity index (χ0v) is 15.4. The number of ether oxygens (including phenoxy) is 2. The van der Waals surface area contributed by atoms with E-state index in [0.717, 1.165) is 5.69 Å². The number of carbonyl (C=O) groups excluding carboxylic acids is 1. The van der Waals surface area contributed by atoms with E-state index < -0.39 is 0 Å². The number of anilines is 3. The number of nitrogens with one attached hydrogen (secondary N) is 2. The fraction of sp³-hybridized carbons (Fsp3) is 0.0952. The van der Waals surface area contributed by atoms with Crippen LogP contribution < -0.4 is 20.1 Å². The minimum atomic E-state index is -0.360. The van der Waals surface area contributed by atoms with Crippen LogP contribution in [0.4, 0.5) is 17.1 Å². The van der Waals surface area contributed by atoms with Crippen LogP contribution in [0.15, 0.2) is 60.8 Å². The van der Waals surface area contributed by atoms with Gasteiger partial charge < -0.3 is 20.1 Å². The molecule has 140 valence electrons. The summed E-state index contributed by atoms with van der Waals surface area (Å²) >= 11 is 0. The fourth-order valence-corrected chi connectivity index (χ4v) is 2.57. The molecular weight excluding hydrogens is 356 g/mol. The summed E-state index contributed by atoms with van der Waals surface area (Å²) in [5, 5.41) is 14.9. The summed E-state index contributed by atoms with van der Waals surface area (Å²) in [5.41, 5.74) is 2.78. The lowest BCUT2D eigenvalue weighted by molar-refractivity contribution is 0.102. The highest BCUT2D eigenvalue weighted by Gasteiger charge is 2.11. The van der Waals surface area contributed by atoms with Crippen LogP contribution in [0.25, 0.3) is 0 Å². The van der Waals surface area contributed by atoms with Crippen molar-refractivity contribution in [3.8, 4) is 17.6 Å². The van der Waals surface area contributed by atoms with Gasteiger partial charge in [0.2, 0.25) is 0 Å². The first-order chi connectivity index (χ1) is 13.6. The van der Waals surface area contributed by atoms with Crippen molar-refractivity contribution in [2.75, 3.05) is 24.9 Å². The molecule has 0 radical (unpaired) electrons. The lowest BCUT2D eigenvalue weighted by atomic mass is 10.2. The first-order valence-corrected chi connectivity index (χ1v) is 8.39. The molecule has 3 rings (SSSR count). The minimum absolute atomic E-state index is 0.247. The molecule has 0 unspecified atom stereocenters. The maximum Gasteiger partial charge on any atom is 0.274 e. The maximum absolute atomic E-state index is 12.6. The van der Waals surface area contributed by atoms with Crippen LogP contribution in [0.1, 0.15) is 16.1 Å². The van der Waals surface area contributed by atoms with Crippen LogP contribution in [0.2, 0.25) is 0 Å². The highest BCUT2D eigenvalue weighted by molar-refractivity contribution is 6.03. The molecule has 1 heterocycles. The third-order valence-corrected chi connectivity index (χ3v) is 3.91. The Morgan fingerprint density at radius 2 is 1.75 bits per heavy atom. The van der Waals surface area contributed by atoms with Gasteiger partial charge in [0.15, 0.2) is 11.5 Å². The lowest BCUT2D eigenvalue weighted by Gasteiger charge is -2.11. The molecule has 0 bridgehead atoms. The normalized spacial score (nSPS) is 9.89. The summed E-state index contributed by atoms with van der Waals surface area (Å²) < 4.78 is 10.4.